The van der Waals surface area contributed by atoms with Crippen LogP contribution in [0.15, 0.2) is 107 Å². The lowest BCUT2D eigenvalue weighted by atomic mass is 10.0. The summed E-state index contributed by atoms with van der Waals surface area (Å²) < 4.78 is 37.8. The molecule has 1 amide bonds. The second-order valence-electron chi connectivity index (χ2n) is 8.65. The fraction of sp³-hybridized carbons (Fsp3) is 0.100. The highest BCUT2D eigenvalue weighted by Gasteiger charge is 2.35. The Kier molecular flexibility index (Phi) is 7.00. The Morgan fingerprint density at radius 1 is 0.821 bits per heavy atom. The second-order valence-corrected chi connectivity index (χ2v) is 10.5. The number of carbonyl (C=O) groups excluding carboxylic acids is 3. The molecule has 1 heterocycles. The van der Waals surface area contributed by atoms with Crippen LogP contribution < -0.4 is 10.1 Å². The summed E-state index contributed by atoms with van der Waals surface area (Å²) in [5.74, 6) is -1.56. The molecule has 8 nitrogen and oxygen atoms in total. The number of amides is 1. The zero-order valence-corrected chi connectivity index (χ0v) is 21.6. The molecule has 1 unspecified atom stereocenters. The smallest absolute Gasteiger partial charge is 0.339 e. The largest absolute Gasteiger partial charge is 0.492 e. The SMILES string of the molecule is CCOc1ccccc1NC(=O)C(OC(=O)c1ccc2c(c1)S(=O)(=O)c1ccccc1C2=O)c1ccccc1. The number of carbonyl (C=O) groups is 3. The van der Waals surface area contributed by atoms with E-state index in [2.05, 4.69) is 5.32 Å². The van der Waals surface area contributed by atoms with Gasteiger partial charge in [0.2, 0.25) is 15.9 Å². The van der Waals surface area contributed by atoms with Crippen LogP contribution in [-0.2, 0) is 19.4 Å². The number of para-hydroxylation sites is 2. The molecule has 0 bridgehead atoms. The van der Waals surface area contributed by atoms with Gasteiger partial charge >= 0.3 is 5.97 Å². The van der Waals surface area contributed by atoms with Crippen LogP contribution >= 0.6 is 0 Å². The molecule has 0 spiro atoms. The summed E-state index contributed by atoms with van der Waals surface area (Å²) in [6.07, 6.45) is -1.36. The molecule has 4 aromatic carbocycles. The molecule has 1 N–H and O–H groups in total. The molecule has 5 rings (SSSR count). The van der Waals surface area contributed by atoms with Crippen LogP contribution in [0.2, 0.25) is 0 Å². The fourth-order valence-electron chi connectivity index (χ4n) is 4.34. The molecule has 0 aromatic heterocycles. The van der Waals surface area contributed by atoms with Crippen LogP contribution in [-0.4, -0.2) is 32.7 Å². The maximum Gasteiger partial charge on any atom is 0.339 e. The summed E-state index contributed by atoms with van der Waals surface area (Å²) in [4.78, 5) is 39.2. The molecule has 1 aliphatic rings. The monoisotopic (exact) mass is 541 g/mol. The van der Waals surface area contributed by atoms with Crippen molar-refractivity contribution in [3.8, 4) is 5.75 Å². The number of benzene rings is 4. The molecular weight excluding hydrogens is 518 g/mol. The van der Waals surface area contributed by atoms with Gasteiger partial charge < -0.3 is 14.8 Å². The summed E-state index contributed by atoms with van der Waals surface area (Å²) in [7, 11) is -4.06. The number of nitrogens with one attached hydrogen (secondary N) is 1. The lowest BCUT2D eigenvalue weighted by Gasteiger charge is -2.21. The molecule has 0 saturated heterocycles. The van der Waals surface area contributed by atoms with E-state index in [4.69, 9.17) is 9.47 Å². The highest BCUT2D eigenvalue weighted by atomic mass is 32.2. The Labute approximate surface area is 225 Å². The first kappa shape index (κ1) is 25.9. The van der Waals surface area contributed by atoms with Crippen LogP contribution in [0.1, 0.15) is 44.9 Å². The second kappa shape index (κ2) is 10.5. The van der Waals surface area contributed by atoms with Gasteiger partial charge in [0.05, 0.1) is 27.6 Å². The highest BCUT2D eigenvalue weighted by molar-refractivity contribution is 7.91. The molecule has 39 heavy (non-hydrogen) atoms. The Balaban J connectivity index is 1.47. The average molecular weight is 542 g/mol. The van der Waals surface area contributed by atoms with Crippen molar-refractivity contribution >= 4 is 33.2 Å². The van der Waals surface area contributed by atoms with Crippen molar-refractivity contribution in [3.05, 3.63) is 119 Å². The van der Waals surface area contributed by atoms with Crippen molar-refractivity contribution in [1.82, 2.24) is 0 Å². The predicted octanol–water partition coefficient (Wildman–Crippen LogP) is 5.00. The van der Waals surface area contributed by atoms with Gasteiger partial charge in [-0.15, -0.1) is 0 Å². The van der Waals surface area contributed by atoms with Crippen LogP contribution in [0.4, 0.5) is 5.69 Å². The topological polar surface area (TPSA) is 116 Å². The van der Waals surface area contributed by atoms with Crippen molar-refractivity contribution in [1.29, 1.82) is 0 Å². The highest BCUT2D eigenvalue weighted by Crippen LogP contribution is 2.35. The zero-order valence-electron chi connectivity index (χ0n) is 20.8. The maximum atomic E-state index is 13.4. The van der Waals surface area contributed by atoms with Gasteiger partial charge in [-0.2, -0.15) is 0 Å². The molecule has 0 aliphatic carbocycles. The molecule has 196 valence electrons. The average Bonchev–Trinajstić information content (AvgIpc) is 2.96. The summed E-state index contributed by atoms with van der Waals surface area (Å²) in [6.45, 7) is 2.20. The minimum absolute atomic E-state index is 0.0323. The van der Waals surface area contributed by atoms with Crippen LogP contribution in [0.3, 0.4) is 0 Å². The number of sulfone groups is 1. The minimum Gasteiger partial charge on any atom is -0.492 e. The molecule has 9 heteroatoms. The van der Waals surface area contributed by atoms with Crippen molar-refractivity contribution in [2.75, 3.05) is 11.9 Å². The van der Waals surface area contributed by atoms with Gasteiger partial charge in [-0.3, -0.25) is 9.59 Å². The van der Waals surface area contributed by atoms with Gasteiger partial charge in [-0.05, 0) is 49.4 Å². The van der Waals surface area contributed by atoms with Crippen molar-refractivity contribution in [2.24, 2.45) is 0 Å². The summed E-state index contributed by atoms with van der Waals surface area (Å²) in [5, 5.41) is 2.75. The number of hydrogen-bond donors (Lipinski definition) is 1. The Bertz CT molecular complexity index is 1700. The first-order valence-electron chi connectivity index (χ1n) is 12.1. The predicted molar refractivity (Wildman–Crippen MR) is 143 cm³/mol. The van der Waals surface area contributed by atoms with Crippen molar-refractivity contribution in [3.63, 3.8) is 0 Å². The van der Waals surface area contributed by atoms with Crippen LogP contribution in [0.25, 0.3) is 0 Å². The van der Waals surface area contributed by atoms with Gasteiger partial charge in [0.25, 0.3) is 5.91 Å². The Morgan fingerprint density at radius 2 is 1.49 bits per heavy atom. The lowest BCUT2D eigenvalue weighted by molar-refractivity contribution is -0.125. The van der Waals surface area contributed by atoms with Crippen LogP contribution in [0, 0.1) is 0 Å². The van der Waals surface area contributed by atoms with E-state index in [1.54, 1.807) is 60.7 Å². The Hall–Kier alpha value is -4.76. The third kappa shape index (κ3) is 4.92. The number of hydrogen-bond acceptors (Lipinski definition) is 7. The van der Waals surface area contributed by atoms with E-state index >= 15 is 0 Å². The molecule has 4 aromatic rings. The first-order chi connectivity index (χ1) is 18.8. The third-order valence-electron chi connectivity index (χ3n) is 6.18. The minimum atomic E-state index is -4.06. The standard InChI is InChI=1S/C30H23NO7S/c1-2-37-24-14-8-7-13-23(24)31-29(33)28(19-10-4-3-5-11-19)38-30(34)20-16-17-22-26(18-20)39(35,36)25-15-9-6-12-21(25)27(22)32/h3-18,28H,2H2,1H3,(H,31,33). The number of anilines is 1. The van der Waals surface area contributed by atoms with Crippen LogP contribution in [0.5, 0.6) is 5.75 Å². The number of ketones is 1. The van der Waals surface area contributed by atoms with Gasteiger partial charge in [-0.25, -0.2) is 13.2 Å². The number of fused-ring (bicyclic) bond motifs is 2. The van der Waals surface area contributed by atoms with Crippen molar-refractivity contribution in [2.45, 2.75) is 22.8 Å². The molecule has 0 radical (unpaired) electrons. The third-order valence-corrected chi connectivity index (χ3v) is 8.03. The quantitative estimate of drug-likeness (QED) is 0.288. The molecule has 1 aliphatic heterocycles. The maximum absolute atomic E-state index is 13.4. The van der Waals surface area contributed by atoms with Gasteiger partial charge in [-0.1, -0.05) is 54.6 Å². The van der Waals surface area contributed by atoms with Gasteiger partial charge in [0.1, 0.15) is 5.75 Å². The molecule has 0 fully saturated rings. The first-order valence-corrected chi connectivity index (χ1v) is 13.6. The zero-order chi connectivity index (χ0) is 27.6. The van der Waals surface area contributed by atoms with E-state index in [1.807, 2.05) is 6.92 Å². The van der Waals surface area contributed by atoms with E-state index < -0.39 is 33.6 Å². The van der Waals surface area contributed by atoms with E-state index in [9.17, 15) is 22.8 Å². The van der Waals surface area contributed by atoms with Gasteiger partial charge in [0, 0.05) is 16.7 Å². The molecular formula is C30H23NO7S. The summed E-state index contributed by atoms with van der Waals surface area (Å²) in [5.41, 5.74) is 0.738. The Morgan fingerprint density at radius 3 is 2.26 bits per heavy atom. The molecule has 0 saturated carbocycles. The van der Waals surface area contributed by atoms with Gasteiger partial charge in [0.15, 0.2) is 5.78 Å². The number of esters is 1. The summed E-state index contributed by atoms with van der Waals surface area (Å²) >= 11 is 0. The van der Waals surface area contributed by atoms with E-state index in [0.29, 0.717) is 23.6 Å². The number of rotatable bonds is 7. The van der Waals surface area contributed by atoms with Crippen molar-refractivity contribution < 1.29 is 32.3 Å². The van der Waals surface area contributed by atoms with E-state index in [-0.39, 0.29) is 26.5 Å². The van der Waals surface area contributed by atoms with E-state index in [0.717, 1.165) is 6.07 Å². The fourth-order valence-corrected chi connectivity index (χ4v) is 6.01. The summed E-state index contributed by atoms with van der Waals surface area (Å²) in [6, 6.07) is 24.9. The normalized spacial score (nSPS) is 13.9. The van der Waals surface area contributed by atoms with E-state index in [1.165, 1.54) is 30.3 Å². The number of ether oxygens (including phenoxy) is 2. The lowest BCUT2D eigenvalue weighted by Crippen LogP contribution is -2.26. The molecule has 1 atom stereocenters.